The predicted octanol–water partition coefficient (Wildman–Crippen LogP) is 4.17. The van der Waals surface area contributed by atoms with Gasteiger partial charge in [0, 0.05) is 29.9 Å². The largest absolute Gasteiger partial charge is 0.305 e. The zero-order valence-corrected chi connectivity index (χ0v) is 12.9. The highest BCUT2D eigenvalue weighted by Gasteiger charge is 2.11. The minimum atomic E-state index is 0.413. The molecule has 0 bridgehead atoms. The Morgan fingerprint density at radius 2 is 2.10 bits per heavy atom. The van der Waals surface area contributed by atoms with Crippen molar-refractivity contribution in [2.75, 3.05) is 0 Å². The van der Waals surface area contributed by atoms with Crippen LogP contribution in [-0.2, 0) is 6.54 Å². The first kappa shape index (κ1) is 14.0. The van der Waals surface area contributed by atoms with E-state index >= 15 is 0 Å². The maximum atomic E-state index is 4.34. The SMILES string of the molecule is CCC(NCc1ccccc1-n1cccn1)c1cccs1. The van der Waals surface area contributed by atoms with Crippen molar-refractivity contribution in [3.05, 3.63) is 70.7 Å². The monoisotopic (exact) mass is 297 g/mol. The summed E-state index contributed by atoms with van der Waals surface area (Å²) in [6.07, 6.45) is 4.88. The fraction of sp³-hybridized carbons (Fsp3) is 0.235. The summed E-state index contributed by atoms with van der Waals surface area (Å²) in [6, 6.07) is 15.1. The normalized spacial score (nSPS) is 12.4. The Labute approximate surface area is 129 Å². The quantitative estimate of drug-likeness (QED) is 0.740. The molecule has 0 aliphatic carbocycles. The Balaban J connectivity index is 1.76. The van der Waals surface area contributed by atoms with Crippen molar-refractivity contribution in [2.45, 2.75) is 25.9 Å². The molecule has 2 heterocycles. The highest BCUT2D eigenvalue weighted by molar-refractivity contribution is 7.10. The third-order valence-corrected chi connectivity index (χ3v) is 4.56. The molecule has 21 heavy (non-hydrogen) atoms. The maximum absolute atomic E-state index is 4.34. The first-order valence-electron chi connectivity index (χ1n) is 7.23. The smallest absolute Gasteiger partial charge is 0.0690 e. The Bertz CT molecular complexity index is 659. The fourth-order valence-corrected chi connectivity index (χ4v) is 3.35. The molecule has 3 rings (SSSR count). The van der Waals surface area contributed by atoms with Crippen LogP contribution in [0.1, 0.15) is 29.8 Å². The average molecular weight is 297 g/mol. The van der Waals surface area contributed by atoms with Gasteiger partial charge >= 0.3 is 0 Å². The van der Waals surface area contributed by atoms with Gasteiger partial charge in [-0.25, -0.2) is 4.68 Å². The molecule has 0 radical (unpaired) electrons. The molecule has 4 heteroatoms. The van der Waals surface area contributed by atoms with Gasteiger partial charge < -0.3 is 5.32 Å². The molecule has 3 aromatic rings. The second-order valence-electron chi connectivity index (χ2n) is 4.94. The molecular formula is C17H19N3S. The number of hydrogen-bond acceptors (Lipinski definition) is 3. The van der Waals surface area contributed by atoms with Crippen LogP contribution in [0.5, 0.6) is 0 Å². The predicted molar refractivity (Wildman–Crippen MR) is 87.8 cm³/mol. The van der Waals surface area contributed by atoms with Crippen LogP contribution in [0.25, 0.3) is 5.69 Å². The lowest BCUT2D eigenvalue weighted by Gasteiger charge is -2.17. The van der Waals surface area contributed by atoms with E-state index in [2.05, 4.69) is 59.1 Å². The summed E-state index contributed by atoms with van der Waals surface area (Å²) >= 11 is 1.81. The molecule has 3 nitrogen and oxygen atoms in total. The molecule has 0 spiro atoms. The van der Waals surface area contributed by atoms with E-state index in [9.17, 15) is 0 Å². The van der Waals surface area contributed by atoms with Gasteiger partial charge in [-0.2, -0.15) is 5.10 Å². The van der Waals surface area contributed by atoms with Crippen LogP contribution in [0.15, 0.2) is 60.2 Å². The van der Waals surface area contributed by atoms with Gasteiger partial charge in [0.15, 0.2) is 0 Å². The summed E-state index contributed by atoms with van der Waals surface area (Å²) in [6.45, 7) is 3.06. The van der Waals surface area contributed by atoms with Gasteiger partial charge in [0.05, 0.1) is 5.69 Å². The number of nitrogens with one attached hydrogen (secondary N) is 1. The highest BCUT2D eigenvalue weighted by Crippen LogP contribution is 2.23. The van der Waals surface area contributed by atoms with Crippen molar-refractivity contribution in [1.29, 1.82) is 0 Å². The van der Waals surface area contributed by atoms with Gasteiger partial charge in [-0.05, 0) is 35.6 Å². The van der Waals surface area contributed by atoms with E-state index in [0.29, 0.717) is 6.04 Å². The van der Waals surface area contributed by atoms with E-state index in [4.69, 9.17) is 0 Å². The first-order chi connectivity index (χ1) is 10.4. The van der Waals surface area contributed by atoms with E-state index in [1.54, 1.807) is 0 Å². The Kier molecular flexibility index (Phi) is 4.48. The van der Waals surface area contributed by atoms with Crippen molar-refractivity contribution in [3.63, 3.8) is 0 Å². The molecule has 1 N–H and O–H groups in total. The highest BCUT2D eigenvalue weighted by atomic mass is 32.1. The zero-order valence-electron chi connectivity index (χ0n) is 12.1. The number of thiophene rings is 1. The molecule has 108 valence electrons. The summed E-state index contributed by atoms with van der Waals surface area (Å²) in [5, 5.41) is 10.1. The van der Waals surface area contributed by atoms with Crippen molar-refractivity contribution in [3.8, 4) is 5.69 Å². The molecular weight excluding hydrogens is 278 g/mol. The summed E-state index contributed by atoms with van der Waals surface area (Å²) in [5.41, 5.74) is 2.40. The molecule has 1 unspecified atom stereocenters. The molecule has 0 fully saturated rings. The second kappa shape index (κ2) is 6.70. The molecule has 0 aliphatic rings. The number of benzene rings is 1. The van der Waals surface area contributed by atoms with Crippen LogP contribution in [0, 0.1) is 0 Å². The molecule has 1 aromatic carbocycles. The number of aromatic nitrogens is 2. The minimum Gasteiger partial charge on any atom is -0.305 e. The number of rotatable bonds is 6. The van der Waals surface area contributed by atoms with Gasteiger partial charge in [0.25, 0.3) is 0 Å². The molecule has 0 saturated carbocycles. The topological polar surface area (TPSA) is 29.9 Å². The Morgan fingerprint density at radius 1 is 1.19 bits per heavy atom. The van der Waals surface area contributed by atoms with E-state index in [1.165, 1.54) is 10.4 Å². The average Bonchev–Trinajstić information content (AvgIpc) is 3.22. The van der Waals surface area contributed by atoms with Gasteiger partial charge in [0.1, 0.15) is 0 Å². The van der Waals surface area contributed by atoms with Gasteiger partial charge in [-0.3, -0.25) is 0 Å². The lowest BCUT2D eigenvalue weighted by atomic mass is 10.1. The molecule has 0 amide bonds. The standard InChI is InChI=1S/C17H19N3S/c1-2-15(17-9-5-12-21-17)18-13-14-7-3-4-8-16(14)20-11-6-10-19-20/h3-12,15,18H,2,13H2,1H3. The maximum Gasteiger partial charge on any atom is 0.0690 e. The Hall–Kier alpha value is -1.91. The van der Waals surface area contributed by atoms with Crippen molar-refractivity contribution in [1.82, 2.24) is 15.1 Å². The minimum absolute atomic E-state index is 0.413. The lowest BCUT2D eigenvalue weighted by molar-refractivity contribution is 0.525. The Morgan fingerprint density at radius 3 is 2.81 bits per heavy atom. The van der Waals surface area contributed by atoms with Gasteiger partial charge in [0.2, 0.25) is 0 Å². The lowest BCUT2D eigenvalue weighted by Crippen LogP contribution is -2.20. The second-order valence-corrected chi connectivity index (χ2v) is 5.92. The van der Waals surface area contributed by atoms with E-state index in [0.717, 1.165) is 18.7 Å². The van der Waals surface area contributed by atoms with Crippen LogP contribution >= 0.6 is 11.3 Å². The van der Waals surface area contributed by atoms with Crippen LogP contribution in [0.4, 0.5) is 0 Å². The van der Waals surface area contributed by atoms with Crippen LogP contribution in [-0.4, -0.2) is 9.78 Å². The van der Waals surface area contributed by atoms with Crippen LogP contribution < -0.4 is 5.32 Å². The number of para-hydroxylation sites is 1. The summed E-state index contributed by atoms with van der Waals surface area (Å²) < 4.78 is 1.92. The van der Waals surface area contributed by atoms with E-state index in [1.807, 2.05) is 34.5 Å². The first-order valence-corrected chi connectivity index (χ1v) is 8.11. The third kappa shape index (κ3) is 3.23. The number of hydrogen-bond donors (Lipinski definition) is 1. The van der Waals surface area contributed by atoms with Crippen LogP contribution in [0.3, 0.4) is 0 Å². The molecule has 2 aromatic heterocycles. The van der Waals surface area contributed by atoms with Gasteiger partial charge in [-0.1, -0.05) is 31.2 Å². The molecule has 1 atom stereocenters. The molecule has 0 aliphatic heterocycles. The summed E-state index contributed by atoms with van der Waals surface area (Å²) in [5.74, 6) is 0. The van der Waals surface area contributed by atoms with Crippen molar-refractivity contribution < 1.29 is 0 Å². The van der Waals surface area contributed by atoms with Gasteiger partial charge in [-0.15, -0.1) is 11.3 Å². The van der Waals surface area contributed by atoms with E-state index < -0.39 is 0 Å². The fourth-order valence-electron chi connectivity index (χ4n) is 2.46. The van der Waals surface area contributed by atoms with Crippen molar-refractivity contribution >= 4 is 11.3 Å². The summed E-state index contributed by atoms with van der Waals surface area (Å²) in [7, 11) is 0. The number of nitrogens with zero attached hydrogens (tertiary/aromatic N) is 2. The molecule has 0 saturated heterocycles. The summed E-state index contributed by atoms with van der Waals surface area (Å²) in [4.78, 5) is 1.40. The van der Waals surface area contributed by atoms with Crippen LogP contribution in [0.2, 0.25) is 0 Å². The van der Waals surface area contributed by atoms with Crippen molar-refractivity contribution in [2.24, 2.45) is 0 Å². The van der Waals surface area contributed by atoms with E-state index in [-0.39, 0.29) is 0 Å². The zero-order chi connectivity index (χ0) is 14.5. The third-order valence-electron chi connectivity index (χ3n) is 3.58.